The first-order valence-corrected chi connectivity index (χ1v) is 9.76. The van der Waals surface area contributed by atoms with E-state index in [-0.39, 0.29) is 49.5 Å². The second kappa shape index (κ2) is 13.2. The third kappa shape index (κ3) is 7.74. The number of likely N-dealkylation sites (N-methyl/N-ethyl adjacent to an activating group) is 1. The Morgan fingerprint density at radius 1 is 1.10 bits per heavy atom. The molecule has 0 saturated heterocycles. The summed E-state index contributed by atoms with van der Waals surface area (Å²) in [6.07, 6.45) is 0.720. The summed E-state index contributed by atoms with van der Waals surface area (Å²) < 4.78 is 17.0. The fraction of sp³-hybridized carbons (Fsp3) is 0.348. The summed E-state index contributed by atoms with van der Waals surface area (Å²) in [7, 11) is 3.28. The van der Waals surface area contributed by atoms with Gasteiger partial charge in [-0.15, -0.1) is 24.8 Å². The number of nitrogens with one attached hydrogen (secondary N) is 2. The van der Waals surface area contributed by atoms with Crippen LogP contribution in [0, 0.1) is 0 Å². The van der Waals surface area contributed by atoms with Gasteiger partial charge in [0.25, 0.3) is 5.91 Å². The van der Waals surface area contributed by atoms with Gasteiger partial charge in [0.15, 0.2) is 6.61 Å². The highest BCUT2D eigenvalue weighted by Crippen LogP contribution is 2.25. The molecular weight excluding hydrogens is 439 g/mol. The van der Waals surface area contributed by atoms with Crippen molar-refractivity contribution in [3.8, 4) is 5.75 Å². The van der Waals surface area contributed by atoms with Crippen molar-refractivity contribution < 1.29 is 18.7 Å². The van der Waals surface area contributed by atoms with Gasteiger partial charge in [-0.1, -0.05) is 30.3 Å². The van der Waals surface area contributed by atoms with Crippen LogP contribution in [0.1, 0.15) is 24.4 Å². The van der Waals surface area contributed by atoms with E-state index in [0.717, 1.165) is 23.2 Å². The Bertz CT molecular complexity index is 898. The molecule has 0 radical (unpaired) electrons. The van der Waals surface area contributed by atoms with E-state index < -0.39 is 0 Å². The van der Waals surface area contributed by atoms with Crippen LogP contribution >= 0.6 is 24.8 Å². The largest absolute Gasteiger partial charge is 0.484 e. The molecule has 2 unspecified atom stereocenters. The molecule has 0 spiro atoms. The van der Waals surface area contributed by atoms with Gasteiger partial charge in [0.05, 0.1) is 0 Å². The number of hydrogen-bond acceptors (Lipinski definition) is 5. The predicted molar refractivity (Wildman–Crippen MR) is 128 cm³/mol. The fourth-order valence-electron chi connectivity index (χ4n) is 3.14. The van der Waals surface area contributed by atoms with Gasteiger partial charge in [0, 0.05) is 32.1 Å². The van der Waals surface area contributed by atoms with Crippen LogP contribution in [0.5, 0.6) is 5.75 Å². The summed E-state index contributed by atoms with van der Waals surface area (Å²) in [6, 6.07) is 18.1. The number of carbonyl (C=O) groups excluding carboxylic acids is 1. The lowest BCUT2D eigenvalue weighted by Gasteiger charge is -2.18. The fourth-order valence-corrected chi connectivity index (χ4v) is 3.14. The Labute approximate surface area is 195 Å². The van der Waals surface area contributed by atoms with E-state index in [1.54, 1.807) is 14.2 Å². The van der Waals surface area contributed by atoms with Crippen LogP contribution < -0.4 is 15.4 Å². The van der Waals surface area contributed by atoms with Crippen LogP contribution in [-0.4, -0.2) is 39.3 Å². The van der Waals surface area contributed by atoms with Crippen LogP contribution in [0.2, 0.25) is 0 Å². The third-order valence-electron chi connectivity index (χ3n) is 4.81. The van der Waals surface area contributed by atoms with E-state index in [0.29, 0.717) is 12.3 Å². The van der Waals surface area contributed by atoms with Crippen molar-refractivity contribution in [1.82, 2.24) is 10.6 Å². The molecule has 2 atom stereocenters. The minimum absolute atomic E-state index is 0. The molecule has 3 aromatic rings. The minimum atomic E-state index is -0.149. The highest BCUT2D eigenvalue weighted by atomic mass is 35.5. The molecule has 0 aliphatic rings. The molecule has 0 aliphatic carbocycles. The number of furan rings is 1. The summed E-state index contributed by atoms with van der Waals surface area (Å²) in [5, 5.41) is 7.13. The van der Waals surface area contributed by atoms with Gasteiger partial charge in [-0.05, 0) is 43.2 Å². The third-order valence-corrected chi connectivity index (χ3v) is 4.81. The molecule has 3 rings (SSSR count). The molecule has 1 amide bonds. The molecule has 1 heterocycles. The van der Waals surface area contributed by atoms with Crippen molar-refractivity contribution in [2.75, 3.05) is 27.3 Å². The number of hydrogen-bond donors (Lipinski definition) is 2. The molecule has 31 heavy (non-hydrogen) atoms. The predicted octanol–water partition coefficient (Wildman–Crippen LogP) is 4.31. The van der Waals surface area contributed by atoms with E-state index in [4.69, 9.17) is 13.9 Å². The van der Waals surface area contributed by atoms with E-state index in [1.807, 2.05) is 54.6 Å². The van der Waals surface area contributed by atoms with Gasteiger partial charge in [-0.3, -0.25) is 4.79 Å². The zero-order valence-electron chi connectivity index (χ0n) is 17.9. The number of rotatable bonds is 10. The molecule has 0 saturated carbocycles. The number of methoxy groups -OCH3 is 1. The van der Waals surface area contributed by atoms with Crippen LogP contribution in [-0.2, 0) is 16.0 Å². The first-order valence-electron chi connectivity index (χ1n) is 9.76. The smallest absolute Gasteiger partial charge is 0.257 e. The average Bonchev–Trinajstić information content (AvgIpc) is 3.17. The summed E-state index contributed by atoms with van der Waals surface area (Å²) in [4.78, 5) is 11.2. The first-order chi connectivity index (χ1) is 14.1. The lowest BCUT2D eigenvalue weighted by atomic mass is 10.1. The molecule has 170 valence electrons. The van der Waals surface area contributed by atoms with E-state index >= 15 is 0 Å². The zero-order chi connectivity index (χ0) is 20.6. The standard InChI is InChI=1S/C23H28N2O4.2ClH/c1-16(12-17-8-10-19(11-9-17)28-15-23(26)24-2)25-14-22(27-3)21-13-18-6-4-5-7-20(18)29-21;;/h4-11,13,16,22,25H,12,14-15H2,1-3H3,(H,24,26);2*1H. The topological polar surface area (TPSA) is 72.7 Å². The second-order valence-corrected chi connectivity index (χ2v) is 7.03. The second-order valence-electron chi connectivity index (χ2n) is 7.03. The Morgan fingerprint density at radius 2 is 1.81 bits per heavy atom. The lowest BCUT2D eigenvalue weighted by molar-refractivity contribution is -0.122. The number of fused-ring (bicyclic) bond motifs is 1. The highest BCUT2D eigenvalue weighted by Gasteiger charge is 2.17. The van der Waals surface area contributed by atoms with Crippen molar-refractivity contribution >= 4 is 41.7 Å². The number of benzene rings is 2. The molecule has 6 nitrogen and oxygen atoms in total. The molecule has 2 aromatic carbocycles. The Kier molecular flexibility index (Phi) is 11.4. The van der Waals surface area contributed by atoms with Gasteiger partial charge in [-0.25, -0.2) is 0 Å². The van der Waals surface area contributed by atoms with Gasteiger partial charge >= 0.3 is 0 Å². The molecule has 0 fully saturated rings. The first kappa shape index (κ1) is 26.8. The minimum Gasteiger partial charge on any atom is -0.484 e. The molecule has 2 N–H and O–H groups in total. The number of ether oxygens (including phenoxy) is 2. The van der Waals surface area contributed by atoms with Crippen molar-refractivity contribution in [2.24, 2.45) is 0 Å². The summed E-state index contributed by atoms with van der Waals surface area (Å²) in [5.74, 6) is 1.36. The van der Waals surface area contributed by atoms with Crippen molar-refractivity contribution in [3.63, 3.8) is 0 Å². The SMILES string of the molecule is CNC(=O)COc1ccc(CC(C)NCC(OC)c2cc3ccccc3o2)cc1.Cl.Cl. The van der Waals surface area contributed by atoms with Gasteiger partial charge in [-0.2, -0.15) is 0 Å². The Hall–Kier alpha value is -2.25. The van der Waals surface area contributed by atoms with E-state index in [2.05, 4.69) is 17.6 Å². The highest BCUT2D eigenvalue weighted by molar-refractivity contribution is 5.85. The lowest BCUT2D eigenvalue weighted by Crippen LogP contribution is -2.32. The van der Waals surface area contributed by atoms with Crippen molar-refractivity contribution in [1.29, 1.82) is 0 Å². The van der Waals surface area contributed by atoms with Crippen LogP contribution in [0.15, 0.2) is 59.0 Å². The van der Waals surface area contributed by atoms with Crippen LogP contribution in [0.3, 0.4) is 0 Å². The average molecular weight is 469 g/mol. The number of amides is 1. The maximum Gasteiger partial charge on any atom is 0.257 e. The maximum absolute atomic E-state index is 11.2. The van der Waals surface area contributed by atoms with Gasteiger partial charge < -0.3 is 24.5 Å². The number of para-hydroxylation sites is 1. The molecular formula is C23H30Cl2N2O4. The van der Waals surface area contributed by atoms with E-state index in [1.165, 1.54) is 5.56 Å². The number of carbonyl (C=O) groups is 1. The molecule has 1 aromatic heterocycles. The molecule has 0 bridgehead atoms. The normalized spacial score (nSPS) is 12.4. The maximum atomic E-state index is 11.2. The Balaban J connectivity index is 0.00000240. The van der Waals surface area contributed by atoms with Crippen LogP contribution in [0.25, 0.3) is 11.0 Å². The Morgan fingerprint density at radius 3 is 2.45 bits per heavy atom. The summed E-state index contributed by atoms with van der Waals surface area (Å²) >= 11 is 0. The van der Waals surface area contributed by atoms with Crippen molar-refractivity contribution in [2.45, 2.75) is 25.5 Å². The summed E-state index contributed by atoms with van der Waals surface area (Å²) in [6.45, 7) is 2.82. The van der Waals surface area contributed by atoms with E-state index in [9.17, 15) is 4.79 Å². The van der Waals surface area contributed by atoms with Gasteiger partial charge in [0.1, 0.15) is 23.2 Å². The number of halogens is 2. The monoisotopic (exact) mass is 468 g/mol. The zero-order valence-corrected chi connectivity index (χ0v) is 19.6. The van der Waals surface area contributed by atoms with Crippen molar-refractivity contribution in [3.05, 3.63) is 65.9 Å². The molecule has 8 heteroatoms. The molecule has 0 aliphatic heterocycles. The summed E-state index contributed by atoms with van der Waals surface area (Å²) in [5.41, 5.74) is 2.06. The quantitative estimate of drug-likeness (QED) is 0.463. The van der Waals surface area contributed by atoms with Gasteiger partial charge in [0.2, 0.25) is 0 Å². The van der Waals surface area contributed by atoms with Crippen LogP contribution in [0.4, 0.5) is 0 Å².